The van der Waals surface area contributed by atoms with E-state index in [0.29, 0.717) is 17.1 Å². The fourth-order valence-electron chi connectivity index (χ4n) is 2.87. The molecule has 0 aliphatic heterocycles. The second kappa shape index (κ2) is 8.45. The van der Waals surface area contributed by atoms with Gasteiger partial charge in [-0.05, 0) is 66.9 Å². The lowest BCUT2D eigenvalue weighted by Gasteiger charge is -2.22. The molecule has 1 heterocycles. The summed E-state index contributed by atoms with van der Waals surface area (Å²) >= 11 is 0. The zero-order valence-corrected chi connectivity index (χ0v) is 15.4. The highest BCUT2D eigenvalue weighted by Crippen LogP contribution is 2.18. The first-order valence-corrected chi connectivity index (χ1v) is 8.68. The van der Waals surface area contributed by atoms with Gasteiger partial charge in [0.15, 0.2) is 6.61 Å². The summed E-state index contributed by atoms with van der Waals surface area (Å²) in [4.78, 5) is 18.6. The number of aromatic nitrogens is 1. The largest absolute Gasteiger partial charge is 0.484 e. The van der Waals surface area contributed by atoms with Crippen molar-refractivity contribution < 1.29 is 13.9 Å². The van der Waals surface area contributed by atoms with E-state index in [9.17, 15) is 9.18 Å². The van der Waals surface area contributed by atoms with E-state index in [1.54, 1.807) is 36.5 Å². The van der Waals surface area contributed by atoms with Crippen LogP contribution in [0.2, 0.25) is 0 Å². The third-order valence-corrected chi connectivity index (χ3v) is 4.01. The van der Waals surface area contributed by atoms with Crippen molar-refractivity contribution in [2.75, 3.05) is 11.5 Å². The van der Waals surface area contributed by atoms with E-state index >= 15 is 0 Å². The van der Waals surface area contributed by atoms with Gasteiger partial charge in [0.1, 0.15) is 17.4 Å². The average Bonchev–Trinajstić information content (AvgIpc) is 2.64. The van der Waals surface area contributed by atoms with Gasteiger partial charge in [-0.2, -0.15) is 0 Å². The molecule has 138 valence electrons. The van der Waals surface area contributed by atoms with E-state index in [0.717, 1.165) is 11.1 Å². The van der Waals surface area contributed by atoms with E-state index in [-0.39, 0.29) is 24.9 Å². The number of benzene rings is 2. The Hall–Kier alpha value is -3.21. The topological polar surface area (TPSA) is 42.4 Å². The molecule has 27 heavy (non-hydrogen) atoms. The van der Waals surface area contributed by atoms with Crippen LogP contribution >= 0.6 is 0 Å². The number of carbonyl (C=O) groups is 1. The van der Waals surface area contributed by atoms with Crippen LogP contribution < -0.4 is 9.64 Å². The summed E-state index contributed by atoms with van der Waals surface area (Å²) in [7, 11) is 0. The molecule has 1 amide bonds. The smallest absolute Gasteiger partial charge is 0.266 e. The number of amides is 1. The molecule has 0 aliphatic carbocycles. The van der Waals surface area contributed by atoms with E-state index < -0.39 is 0 Å². The summed E-state index contributed by atoms with van der Waals surface area (Å²) in [5.74, 6) is 0.549. The zero-order chi connectivity index (χ0) is 19.2. The van der Waals surface area contributed by atoms with Crippen molar-refractivity contribution in [2.45, 2.75) is 20.4 Å². The summed E-state index contributed by atoms with van der Waals surface area (Å²) in [6.07, 6.45) is 1.62. The van der Waals surface area contributed by atoms with Crippen LogP contribution in [0, 0.1) is 19.7 Å². The highest BCUT2D eigenvalue weighted by Gasteiger charge is 2.18. The van der Waals surface area contributed by atoms with Crippen LogP contribution in [-0.2, 0) is 11.3 Å². The molecule has 0 spiro atoms. The maximum absolute atomic E-state index is 13.5. The molecule has 0 fully saturated rings. The van der Waals surface area contributed by atoms with Crippen molar-refractivity contribution in [1.29, 1.82) is 0 Å². The van der Waals surface area contributed by atoms with Crippen LogP contribution in [0.1, 0.15) is 16.7 Å². The monoisotopic (exact) mass is 364 g/mol. The lowest BCUT2D eigenvalue weighted by atomic mass is 10.1. The number of ether oxygens (including phenoxy) is 1. The van der Waals surface area contributed by atoms with E-state index in [1.165, 1.54) is 17.0 Å². The average molecular weight is 364 g/mol. The van der Waals surface area contributed by atoms with E-state index in [1.807, 2.05) is 32.0 Å². The molecule has 0 atom stereocenters. The first kappa shape index (κ1) is 18.6. The van der Waals surface area contributed by atoms with Crippen LogP contribution in [0.25, 0.3) is 0 Å². The van der Waals surface area contributed by atoms with Crippen molar-refractivity contribution in [3.8, 4) is 5.75 Å². The SMILES string of the molecule is Cc1cc(C)cc(OCC(=O)N(Cc2cccc(F)c2)c2ccccn2)c1. The minimum absolute atomic E-state index is 0.130. The number of hydrogen-bond donors (Lipinski definition) is 0. The summed E-state index contributed by atoms with van der Waals surface area (Å²) in [5, 5.41) is 0. The van der Waals surface area contributed by atoms with Gasteiger partial charge in [0.25, 0.3) is 5.91 Å². The molecule has 0 saturated heterocycles. The fraction of sp³-hybridized carbons (Fsp3) is 0.182. The van der Waals surface area contributed by atoms with Crippen molar-refractivity contribution in [2.24, 2.45) is 0 Å². The minimum atomic E-state index is -0.340. The summed E-state index contributed by atoms with van der Waals surface area (Å²) in [5.41, 5.74) is 2.82. The molecule has 3 aromatic rings. The Balaban J connectivity index is 1.78. The molecular formula is C22H21FN2O2. The van der Waals surface area contributed by atoms with Gasteiger partial charge in [-0.25, -0.2) is 9.37 Å². The predicted molar refractivity (Wildman–Crippen MR) is 103 cm³/mol. The van der Waals surface area contributed by atoms with Gasteiger partial charge >= 0.3 is 0 Å². The molecule has 3 rings (SSSR count). The van der Waals surface area contributed by atoms with Gasteiger partial charge in [0.2, 0.25) is 0 Å². The molecule has 0 N–H and O–H groups in total. The quantitative estimate of drug-likeness (QED) is 0.649. The molecule has 0 bridgehead atoms. The normalized spacial score (nSPS) is 10.5. The molecule has 5 heteroatoms. The zero-order valence-electron chi connectivity index (χ0n) is 15.4. The summed E-state index contributed by atoms with van der Waals surface area (Å²) < 4.78 is 19.2. The van der Waals surface area contributed by atoms with Gasteiger partial charge in [0, 0.05) is 6.20 Å². The van der Waals surface area contributed by atoms with Crippen molar-refractivity contribution in [3.05, 3.63) is 89.4 Å². The fourth-order valence-corrected chi connectivity index (χ4v) is 2.87. The summed E-state index contributed by atoms with van der Waals surface area (Å²) in [6.45, 7) is 4.04. The van der Waals surface area contributed by atoms with Crippen LogP contribution in [-0.4, -0.2) is 17.5 Å². The van der Waals surface area contributed by atoms with Crippen LogP contribution in [0.3, 0.4) is 0 Å². The Morgan fingerprint density at radius 1 is 1.04 bits per heavy atom. The second-order valence-corrected chi connectivity index (χ2v) is 6.41. The third-order valence-electron chi connectivity index (χ3n) is 4.01. The molecule has 0 radical (unpaired) electrons. The highest BCUT2D eigenvalue weighted by atomic mass is 19.1. The van der Waals surface area contributed by atoms with Gasteiger partial charge in [-0.3, -0.25) is 9.69 Å². The molecule has 1 aromatic heterocycles. The first-order chi connectivity index (χ1) is 13.0. The van der Waals surface area contributed by atoms with Gasteiger partial charge in [-0.15, -0.1) is 0 Å². The van der Waals surface area contributed by atoms with Crippen molar-refractivity contribution >= 4 is 11.7 Å². The number of aryl methyl sites for hydroxylation is 2. The van der Waals surface area contributed by atoms with Crippen molar-refractivity contribution in [1.82, 2.24) is 4.98 Å². The molecule has 2 aromatic carbocycles. The molecule has 0 aliphatic rings. The maximum atomic E-state index is 13.5. The Bertz CT molecular complexity index is 908. The van der Waals surface area contributed by atoms with Crippen LogP contribution in [0.5, 0.6) is 5.75 Å². The lowest BCUT2D eigenvalue weighted by Crippen LogP contribution is -2.35. The second-order valence-electron chi connectivity index (χ2n) is 6.41. The summed E-state index contributed by atoms with van der Waals surface area (Å²) in [6, 6.07) is 17.3. The highest BCUT2D eigenvalue weighted by molar-refractivity contribution is 5.93. The predicted octanol–water partition coefficient (Wildman–Crippen LogP) is 4.45. The standard InChI is InChI=1S/C22H21FN2O2/c1-16-10-17(2)12-20(11-16)27-15-22(26)25(21-8-3-4-9-24-21)14-18-6-5-7-19(23)13-18/h3-13H,14-15H2,1-2H3. The number of carbonyl (C=O) groups excluding carboxylic acids is 1. The molecular weight excluding hydrogens is 343 g/mol. The van der Waals surface area contributed by atoms with Crippen molar-refractivity contribution in [3.63, 3.8) is 0 Å². The lowest BCUT2D eigenvalue weighted by molar-refractivity contribution is -0.120. The number of nitrogens with zero attached hydrogens (tertiary/aromatic N) is 2. The Morgan fingerprint density at radius 2 is 1.81 bits per heavy atom. The van der Waals surface area contributed by atoms with Crippen LogP contribution in [0.4, 0.5) is 10.2 Å². The molecule has 0 saturated carbocycles. The Labute approximate surface area is 158 Å². The Kier molecular flexibility index (Phi) is 5.81. The minimum Gasteiger partial charge on any atom is -0.484 e. The number of halogens is 1. The molecule has 0 unspecified atom stereocenters. The molecule has 4 nitrogen and oxygen atoms in total. The number of pyridine rings is 1. The van der Waals surface area contributed by atoms with Gasteiger partial charge in [-0.1, -0.05) is 24.3 Å². The van der Waals surface area contributed by atoms with E-state index in [4.69, 9.17) is 4.74 Å². The van der Waals surface area contributed by atoms with Gasteiger partial charge in [0.05, 0.1) is 6.54 Å². The van der Waals surface area contributed by atoms with Gasteiger partial charge < -0.3 is 4.74 Å². The Morgan fingerprint density at radius 3 is 2.48 bits per heavy atom. The number of rotatable bonds is 6. The maximum Gasteiger partial charge on any atom is 0.266 e. The first-order valence-electron chi connectivity index (χ1n) is 8.68. The third kappa shape index (κ3) is 5.14. The van der Waals surface area contributed by atoms with E-state index in [2.05, 4.69) is 4.98 Å². The number of anilines is 1. The van der Waals surface area contributed by atoms with Crippen LogP contribution in [0.15, 0.2) is 66.9 Å². The number of hydrogen-bond acceptors (Lipinski definition) is 3.